The lowest BCUT2D eigenvalue weighted by molar-refractivity contribution is 0.192. The summed E-state index contributed by atoms with van der Waals surface area (Å²) in [5.74, 6) is -0.224. The summed E-state index contributed by atoms with van der Waals surface area (Å²) in [7, 11) is 0. The summed E-state index contributed by atoms with van der Waals surface area (Å²) >= 11 is 0. The molecular formula is C16H23FN2O. The molecule has 0 aromatic heterocycles. The first-order valence-electron chi connectivity index (χ1n) is 7.53. The molecule has 1 aromatic rings. The highest BCUT2D eigenvalue weighted by atomic mass is 19.1. The molecule has 0 bridgehead atoms. The first-order valence-corrected chi connectivity index (χ1v) is 7.53. The van der Waals surface area contributed by atoms with E-state index in [4.69, 9.17) is 0 Å². The molecule has 3 nitrogen and oxygen atoms in total. The summed E-state index contributed by atoms with van der Waals surface area (Å²) in [6.45, 7) is 2.26. The molecule has 4 heteroatoms. The van der Waals surface area contributed by atoms with Gasteiger partial charge in [-0.2, -0.15) is 0 Å². The Bertz CT molecular complexity index is 428. The first-order chi connectivity index (χ1) is 9.75. The number of hydrogen-bond acceptors (Lipinski definition) is 1. The highest BCUT2D eigenvalue weighted by Crippen LogP contribution is 2.10. The lowest BCUT2D eigenvalue weighted by Crippen LogP contribution is -2.42. The molecule has 1 aromatic carbocycles. The highest BCUT2D eigenvalue weighted by Gasteiger charge is 2.13. The minimum atomic E-state index is -0.224. The van der Waals surface area contributed by atoms with Gasteiger partial charge >= 0.3 is 6.03 Å². The normalized spacial score (nSPS) is 16.4. The van der Waals surface area contributed by atoms with Crippen LogP contribution in [0.2, 0.25) is 0 Å². The zero-order valence-corrected chi connectivity index (χ0v) is 11.9. The van der Waals surface area contributed by atoms with Gasteiger partial charge in [0.2, 0.25) is 0 Å². The van der Waals surface area contributed by atoms with Crippen LogP contribution in [0.4, 0.5) is 9.18 Å². The third-order valence-electron chi connectivity index (χ3n) is 3.72. The van der Waals surface area contributed by atoms with E-state index < -0.39 is 0 Å². The molecule has 0 spiro atoms. The van der Waals surface area contributed by atoms with E-state index in [1.165, 1.54) is 31.4 Å². The minimum absolute atomic E-state index is 0.0169. The number of carbonyl (C=O) groups is 1. The first kappa shape index (κ1) is 14.8. The highest BCUT2D eigenvalue weighted by molar-refractivity contribution is 5.74. The number of likely N-dealkylation sites (tertiary alicyclic amines) is 1. The second kappa shape index (κ2) is 7.88. The number of urea groups is 1. The molecule has 0 unspecified atom stereocenters. The minimum Gasteiger partial charge on any atom is -0.338 e. The van der Waals surface area contributed by atoms with E-state index in [0.717, 1.165) is 31.5 Å². The van der Waals surface area contributed by atoms with E-state index in [9.17, 15) is 9.18 Å². The molecule has 1 heterocycles. The third-order valence-corrected chi connectivity index (χ3v) is 3.72. The van der Waals surface area contributed by atoms with Crippen LogP contribution < -0.4 is 5.32 Å². The van der Waals surface area contributed by atoms with E-state index in [1.54, 1.807) is 6.07 Å². The Balaban J connectivity index is 1.73. The zero-order chi connectivity index (χ0) is 14.2. The van der Waals surface area contributed by atoms with Crippen molar-refractivity contribution in [1.29, 1.82) is 0 Å². The van der Waals surface area contributed by atoms with Gasteiger partial charge in [0, 0.05) is 19.6 Å². The summed E-state index contributed by atoms with van der Waals surface area (Å²) in [6.07, 6.45) is 6.57. The summed E-state index contributed by atoms with van der Waals surface area (Å²) in [4.78, 5) is 14.0. The molecule has 20 heavy (non-hydrogen) atoms. The Kier molecular flexibility index (Phi) is 5.84. The number of hydrogen-bond donors (Lipinski definition) is 1. The third kappa shape index (κ3) is 4.83. The molecule has 1 fully saturated rings. The molecule has 1 aliphatic heterocycles. The molecule has 0 aliphatic carbocycles. The average molecular weight is 278 g/mol. The zero-order valence-electron chi connectivity index (χ0n) is 11.9. The molecule has 1 aliphatic rings. The maximum Gasteiger partial charge on any atom is 0.317 e. The maximum absolute atomic E-state index is 13.0. The molecule has 110 valence electrons. The fourth-order valence-electron chi connectivity index (χ4n) is 2.57. The number of rotatable bonds is 3. The molecule has 1 saturated heterocycles. The summed E-state index contributed by atoms with van der Waals surface area (Å²) in [5, 5.41) is 2.93. The van der Waals surface area contributed by atoms with Crippen LogP contribution in [0.3, 0.4) is 0 Å². The van der Waals surface area contributed by atoms with Crippen molar-refractivity contribution in [3.05, 3.63) is 35.6 Å². The van der Waals surface area contributed by atoms with E-state index in [0.29, 0.717) is 13.0 Å². The standard InChI is InChI=1S/C16H23FN2O/c17-15-8-6-7-14(13-15)9-10-18-16(20)19-11-4-2-1-3-5-12-19/h6-8,13H,1-5,9-12H2,(H,18,20). The van der Waals surface area contributed by atoms with Gasteiger partial charge in [-0.15, -0.1) is 0 Å². The lowest BCUT2D eigenvalue weighted by Gasteiger charge is -2.25. The van der Waals surface area contributed by atoms with Gasteiger partial charge in [0.1, 0.15) is 5.82 Å². The van der Waals surface area contributed by atoms with Crippen molar-refractivity contribution in [2.24, 2.45) is 0 Å². The van der Waals surface area contributed by atoms with Gasteiger partial charge in [0.15, 0.2) is 0 Å². The summed E-state index contributed by atoms with van der Waals surface area (Å²) in [5.41, 5.74) is 0.915. The number of carbonyl (C=O) groups excluding carboxylic acids is 1. The van der Waals surface area contributed by atoms with Crippen molar-refractivity contribution in [3.63, 3.8) is 0 Å². The van der Waals surface area contributed by atoms with Crippen molar-refractivity contribution >= 4 is 6.03 Å². The largest absolute Gasteiger partial charge is 0.338 e. The Morgan fingerprint density at radius 1 is 1.15 bits per heavy atom. The maximum atomic E-state index is 13.0. The molecule has 2 rings (SSSR count). The monoisotopic (exact) mass is 278 g/mol. The number of nitrogens with zero attached hydrogens (tertiary/aromatic N) is 1. The van der Waals surface area contributed by atoms with Gasteiger partial charge in [0.05, 0.1) is 0 Å². The topological polar surface area (TPSA) is 32.3 Å². The number of amides is 2. The second-order valence-electron chi connectivity index (χ2n) is 5.37. The van der Waals surface area contributed by atoms with Crippen LogP contribution in [-0.4, -0.2) is 30.6 Å². The van der Waals surface area contributed by atoms with Crippen LogP contribution in [-0.2, 0) is 6.42 Å². The lowest BCUT2D eigenvalue weighted by atomic mass is 10.1. The smallest absolute Gasteiger partial charge is 0.317 e. The Hall–Kier alpha value is -1.58. The number of nitrogens with one attached hydrogen (secondary N) is 1. The van der Waals surface area contributed by atoms with Gasteiger partial charge in [0.25, 0.3) is 0 Å². The van der Waals surface area contributed by atoms with Crippen LogP contribution >= 0.6 is 0 Å². The SMILES string of the molecule is O=C(NCCc1cccc(F)c1)N1CCCCCCC1. The van der Waals surface area contributed by atoms with Gasteiger partial charge < -0.3 is 10.2 Å². The molecule has 0 atom stereocenters. The average Bonchev–Trinajstić information content (AvgIpc) is 2.38. The van der Waals surface area contributed by atoms with Crippen molar-refractivity contribution in [1.82, 2.24) is 10.2 Å². The fourth-order valence-corrected chi connectivity index (χ4v) is 2.57. The fraction of sp³-hybridized carbons (Fsp3) is 0.562. The van der Waals surface area contributed by atoms with Crippen molar-refractivity contribution in [2.45, 2.75) is 38.5 Å². The molecule has 2 amide bonds. The molecular weight excluding hydrogens is 255 g/mol. The van der Waals surface area contributed by atoms with Crippen LogP contribution in [0.5, 0.6) is 0 Å². The van der Waals surface area contributed by atoms with Crippen LogP contribution in [0.1, 0.15) is 37.7 Å². The van der Waals surface area contributed by atoms with E-state index in [1.807, 2.05) is 11.0 Å². The number of benzene rings is 1. The molecule has 0 radical (unpaired) electrons. The Labute approximate surface area is 120 Å². The van der Waals surface area contributed by atoms with Crippen LogP contribution in [0.15, 0.2) is 24.3 Å². The van der Waals surface area contributed by atoms with Crippen LogP contribution in [0, 0.1) is 5.82 Å². The van der Waals surface area contributed by atoms with Gasteiger partial charge in [-0.05, 0) is 37.0 Å². The number of halogens is 1. The predicted molar refractivity (Wildman–Crippen MR) is 78.2 cm³/mol. The second-order valence-corrected chi connectivity index (χ2v) is 5.37. The molecule has 1 N–H and O–H groups in total. The van der Waals surface area contributed by atoms with E-state index in [-0.39, 0.29) is 11.8 Å². The van der Waals surface area contributed by atoms with Gasteiger partial charge in [-0.1, -0.05) is 31.4 Å². The summed E-state index contributed by atoms with van der Waals surface area (Å²) in [6, 6.07) is 6.55. The van der Waals surface area contributed by atoms with E-state index >= 15 is 0 Å². The Morgan fingerprint density at radius 2 is 1.85 bits per heavy atom. The summed E-state index contributed by atoms with van der Waals surface area (Å²) < 4.78 is 13.0. The van der Waals surface area contributed by atoms with Crippen molar-refractivity contribution in [3.8, 4) is 0 Å². The van der Waals surface area contributed by atoms with Gasteiger partial charge in [-0.3, -0.25) is 0 Å². The van der Waals surface area contributed by atoms with Crippen molar-refractivity contribution in [2.75, 3.05) is 19.6 Å². The quantitative estimate of drug-likeness (QED) is 0.903. The molecule has 0 saturated carbocycles. The van der Waals surface area contributed by atoms with Crippen molar-refractivity contribution < 1.29 is 9.18 Å². The van der Waals surface area contributed by atoms with Crippen LogP contribution in [0.25, 0.3) is 0 Å². The van der Waals surface area contributed by atoms with E-state index in [2.05, 4.69) is 5.32 Å². The Morgan fingerprint density at radius 3 is 2.55 bits per heavy atom. The van der Waals surface area contributed by atoms with Gasteiger partial charge in [-0.25, -0.2) is 9.18 Å². The predicted octanol–water partition coefficient (Wildman–Crippen LogP) is 3.34.